The first-order valence-corrected chi connectivity index (χ1v) is 4.32. The summed E-state index contributed by atoms with van der Waals surface area (Å²) >= 11 is 0. The van der Waals surface area contributed by atoms with E-state index < -0.39 is 0 Å². The maximum Gasteiger partial charge on any atom is 0.0928 e. The van der Waals surface area contributed by atoms with E-state index in [-0.39, 0.29) is 0 Å². The molecule has 0 saturated heterocycles. The van der Waals surface area contributed by atoms with E-state index in [0.29, 0.717) is 5.76 Å². The monoisotopic (exact) mass is 152 g/mol. The van der Waals surface area contributed by atoms with E-state index >= 15 is 0 Å². The largest absolute Gasteiger partial charge is 0.512 e. The Labute approximate surface area is 68.4 Å². The minimum atomic E-state index is 0.555. The predicted molar refractivity (Wildman–Crippen MR) is 47.6 cm³/mol. The van der Waals surface area contributed by atoms with Crippen LogP contribution in [-0.2, 0) is 0 Å². The van der Waals surface area contributed by atoms with E-state index in [9.17, 15) is 5.11 Å². The summed E-state index contributed by atoms with van der Waals surface area (Å²) in [7, 11) is 0. The molecule has 0 aromatic heterocycles. The predicted octanol–water partition coefficient (Wildman–Crippen LogP) is 3.34. The van der Waals surface area contributed by atoms with Gasteiger partial charge in [0.05, 0.1) is 5.76 Å². The van der Waals surface area contributed by atoms with Crippen LogP contribution in [0.3, 0.4) is 0 Å². The van der Waals surface area contributed by atoms with E-state index in [1.54, 1.807) is 0 Å². The van der Waals surface area contributed by atoms with Gasteiger partial charge in [-0.15, -0.1) is 0 Å². The molecule has 0 spiro atoms. The van der Waals surface area contributed by atoms with E-state index in [2.05, 4.69) is 13.8 Å². The smallest absolute Gasteiger partial charge is 0.0928 e. The Hall–Kier alpha value is -0.720. The molecule has 11 heavy (non-hydrogen) atoms. The van der Waals surface area contributed by atoms with Gasteiger partial charge in [0.1, 0.15) is 0 Å². The van der Waals surface area contributed by atoms with Gasteiger partial charge in [0.2, 0.25) is 0 Å². The molecule has 1 aliphatic carbocycles. The van der Waals surface area contributed by atoms with Crippen LogP contribution in [0.15, 0.2) is 23.0 Å². The van der Waals surface area contributed by atoms with E-state index in [0.717, 1.165) is 25.7 Å². The van der Waals surface area contributed by atoms with Crippen molar-refractivity contribution >= 4 is 0 Å². The molecule has 1 aliphatic rings. The quantitative estimate of drug-likeness (QED) is 0.643. The lowest BCUT2D eigenvalue weighted by Gasteiger charge is -2.13. The fourth-order valence-electron chi connectivity index (χ4n) is 1.43. The van der Waals surface area contributed by atoms with Crippen LogP contribution in [0.5, 0.6) is 0 Å². The second kappa shape index (κ2) is 3.61. The second-order valence-electron chi connectivity index (χ2n) is 3.19. The number of aliphatic hydroxyl groups is 1. The summed E-state index contributed by atoms with van der Waals surface area (Å²) in [5.41, 5.74) is 2.79. The van der Waals surface area contributed by atoms with Crippen molar-refractivity contribution in [2.45, 2.75) is 39.5 Å². The first kappa shape index (κ1) is 8.38. The van der Waals surface area contributed by atoms with E-state index in [4.69, 9.17) is 0 Å². The molecule has 0 aromatic rings. The van der Waals surface area contributed by atoms with Gasteiger partial charge in [-0.2, -0.15) is 0 Å². The highest BCUT2D eigenvalue weighted by atomic mass is 16.3. The summed E-state index contributed by atoms with van der Waals surface area (Å²) in [5.74, 6) is 0.555. The van der Waals surface area contributed by atoms with Crippen molar-refractivity contribution < 1.29 is 5.11 Å². The van der Waals surface area contributed by atoms with Gasteiger partial charge >= 0.3 is 0 Å². The van der Waals surface area contributed by atoms with Crippen molar-refractivity contribution in [1.82, 2.24) is 0 Å². The fraction of sp³-hybridized carbons (Fsp3) is 0.600. The molecular formula is C10H16O. The molecule has 1 heteroatoms. The molecule has 0 unspecified atom stereocenters. The normalized spacial score (nSPS) is 18.5. The van der Waals surface area contributed by atoms with Gasteiger partial charge in [0, 0.05) is 6.42 Å². The lowest BCUT2D eigenvalue weighted by Crippen LogP contribution is -1.96. The van der Waals surface area contributed by atoms with Crippen LogP contribution in [0.1, 0.15) is 39.5 Å². The summed E-state index contributed by atoms with van der Waals surface area (Å²) in [6, 6.07) is 0. The molecule has 0 heterocycles. The van der Waals surface area contributed by atoms with Crippen LogP contribution in [0.2, 0.25) is 0 Å². The topological polar surface area (TPSA) is 20.2 Å². The Morgan fingerprint density at radius 3 is 2.82 bits per heavy atom. The lowest BCUT2D eigenvalue weighted by molar-refractivity contribution is 0.384. The number of rotatable bonds is 2. The average Bonchev–Trinajstić information content (AvgIpc) is 1.98. The van der Waals surface area contributed by atoms with Crippen LogP contribution in [0, 0.1) is 0 Å². The van der Waals surface area contributed by atoms with Crippen molar-refractivity contribution in [3.8, 4) is 0 Å². The van der Waals surface area contributed by atoms with Crippen LogP contribution >= 0.6 is 0 Å². The molecule has 0 amide bonds. The summed E-state index contributed by atoms with van der Waals surface area (Å²) in [5, 5.41) is 9.25. The Bertz CT molecular complexity index is 199. The minimum absolute atomic E-state index is 0.555. The number of allylic oxidation sites excluding steroid dienone is 4. The van der Waals surface area contributed by atoms with E-state index in [1.165, 1.54) is 11.1 Å². The average molecular weight is 152 g/mol. The molecule has 1 N–H and O–H groups in total. The summed E-state index contributed by atoms with van der Waals surface area (Å²) in [6.45, 7) is 4.33. The van der Waals surface area contributed by atoms with Crippen molar-refractivity contribution in [3.05, 3.63) is 23.0 Å². The maximum atomic E-state index is 9.25. The molecule has 0 saturated carbocycles. The fourth-order valence-corrected chi connectivity index (χ4v) is 1.43. The third kappa shape index (κ3) is 2.11. The maximum absolute atomic E-state index is 9.25. The molecule has 0 atom stereocenters. The molecular weight excluding hydrogens is 136 g/mol. The molecule has 0 fully saturated rings. The minimum Gasteiger partial charge on any atom is -0.512 e. The number of aliphatic hydroxyl groups excluding tert-OH is 1. The molecule has 1 nitrogen and oxygen atoms in total. The third-order valence-electron chi connectivity index (χ3n) is 2.16. The van der Waals surface area contributed by atoms with Crippen molar-refractivity contribution in [2.75, 3.05) is 0 Å². The number of hydrogen-bond acceptors (Lipinski definition) is 1. The molecule has 0 radical (unpaired) electrons. The van der Waals surface area contributed by atoms with Crippen LogP contribution in [0.25, 0.3) is 0 Å². The van der Waals surface area contributed by atoms with Crippen LogP contribution in [0.4, 0.5) is 0 Å². The van der Waals surface area contributed by atoms with Gasteiger partial charge in [-0.1, -0.05) is 18.9 Å². The second-order valence-corrected chi connectivity index (χ2v) is 3.19. The summed E-state index contributed by atoms with van der Waals surface area (Å²) < 4.78 is 0. The zero-order chi connectivity index (χ0) is 8.27. The highest BCUT2D eigenvalue weighted by Gasteiger charge is 2.07. The van der Waals surface area contributed by atoms with Gasteiger partial charge in [-0.3, -0.25) is 0 Å². The highest BCUT2D eigenvalue weighted by molar-refractivity contribution is 5.30. The molecule has 0 bridgehead atoms. The van der Waals surface area contributed by atoms with Gasteiger partial charge in [-0.25, -0.2) is 0 Å². The zero-order valence-electron chi connectivity index (χ0n) is 7.35. The first-order valence-electron chi connectivity index (χ1n) is 4.32. The Morgan fingerprint density at radius 1 is 1.45 bits per heavy atom. The summed E-state index contributed by atoms with van der Waals surface area (Å²) in [6.07, 6.45) is 6.07. The Morgan fingerprint density at radius 2 is 2.18 bits per heavy atom. The Balaban J connectivity index is 2.71. The van der Waals surface area contributed by atoms with Crippen LogP contribution in [-0.4, -0.2) is 5.11 Å². The molecule has 1 rings (SSSR count). The van der Waals surface area contributed by atoms with Gasteiger partial charge < -0.3 is 5.11 Å². The molecule has 62 valence electrons. The third-order valence-corrected chi connectivity index (χ3v) is 2.16. The number of hydrogen-bond donors (Lipinski definition) is 1. The lowest BCUT2D eigenvalue weighted by atomic mass is 9.95. The molecule has 0 aromatic carbocycles. The first-order chi connectivity index (χ1) is 5.24. The zero-order valence-corrected chi connectivity index (χ0v) is 7.35. The van der Waals surface area contributed by atoms with Gasteiger partial charge in [-0.05, 0) is 31.4 Å². The van der Waals surface area contributed by atoms with Crippen molar-refractivity contribution in [3.63, 3.8) is 0 Å². The summed E-state index contributed by atoms with van der Waals surface area (Å²) in [4.78, 5) is 0. The standard InChI is InChI=1S/C10H16O/c1-3-4-9-7-10(11)6-5-8(9)2/h7,11H,3-6H2,1-2H3. The van der Waals surface area contributed by atoms with Gasteiger partial charge in [0.25, 0.3) is 0 Å². The van der Waals surface area contributed by atoms with Gasteiger partial charge in [0.15, 0.2) is 0 Å². The van der Waals surface area contributed by atoms with Crippen molar-refractivity contribution in [2.24, 2.45) is 0 Å². The molecule has 0 aliphatic heterocycles. The van der Waals surface area contributed by atoms with Crippen molar-refractivity contribution in [1.29, 1.82) is 0 Å². The van der Waals surface area contributed by atoms with Crippen LogP contribution < -0.4 is 0 Å². The Kier molecular flexibility index (Phi) is 2.75. The SMILES string of the molecule is CCCC1=C(C)CCC(O)=C1. The highest BCUT2D eigenvalue weighted by Crippen LogP contribution is 2.24. The van der Waals surface area contributed by atoms with E-state index in [1.807, 2.05) is 6.08 Å².